The molecule has 1 aliphatic heterocycles. The first-order valence-electron chi connectivity index (χ1n) is 7.70. The van der Waals surface area contributed by atoms with Gasteiger partial charge in [0.25, 0.3) is 0 Å². The van der Waals surface area contributed by atoms with Crippen molar-refractivity contribution in [2.24, 2.45) is 0 Å². The molecule has 0 aromatic rings. The normalized spacial score (nSPS) is 21.5. The molecule has 0 bridgehead atoms. The lowest BCUT2D eigenvalue weighted by Crippen LogP contribution is -2.45. The maximum atomic E-state index is 12.4. The second-order valence-corrected chi connectivity index (χ2v) is 6.48. The molecule has 1 saturated heterocycles. The number of nitrogens with zero attached hydrogens (tertiary/aromatic N) is 1. The number of aliphatic hydroxyl groups excluding tert-OH is 1. The molecule has 1 amide bonds. The summed E-state index contributed by atoms with van der Waals surface area (Å²) in [5, 5.41) is 12.0. The van der Waals surface area contributed by atoms with Gasteiger partial charge in [-0.25, -0.2) is 4.79 Å². The van der Waals surface area contributed by atoms with Crippen LogP contribution in [0.25, 0.3) is 0 Å². The Hall–Kier alpha value is -1.34. The highest BCUT2D eigenvalue weighted by Gasteiger charge is 2.36. The molecule has 0 spiro atoms. The van der Waals surface area contributed by atoms with Gasteiger partial charge in [-0.05, 0) is 40.0 Å². The highest BCUT2D eigenvalue weighted by Crippen LogP contribution is 2.19. The van der Waals surface area contributed by atoms with Gasteiger partial charge >= 0.3 is 12.1 Å². The summed E-state index contributed by atoms with van der Waals surface area (Å²) < 4.78 is 10.2. The molecule has 0 aliphatic carbocycles. The molecule has 128 valence electrons. The van der Waals surface area contributed by atoms with E-state index in [1.54, 1.807) is 4.90 Å². The van der Waals surface area contributed by atoms with Crippen LogP contribution in [0.5, 0.6) is 0 Å². The third-order valence-corrected chi connectivity index (χ3v) is 3.47. The Morgan fingerprint density at radius 2 is 2.00 bits per heavy atom. The molecule has 7 nitrogen and oxygen atoms in total. The largest absolute Gasteiger partial charge is 0.468 e. The standard InChI is InChI=1S/C15H28N2O5/c1-15(2,3)22-14(20)17(7-5-6-8-18)11-9-12(16-10-11)13(19)21-4/h11-12,16,18H,5-10H2,1-4H3. The van der Waals surface area contributed by atoms with Crippen LogP contribution < -0.4 is 5.32 Å². The third-order valence-electron chi connectivity index (χ3n) is 3.47. The number of nitrogens with one attached hydrogen (secondary N) is 1. The van der Waals surface area contributed by atoms with Crippen LogP contribution in [0.15, 0.2) is 0 Å². The van der Waals surface area contributed by atoms with Crippen molar-refractivity contribution in [3.63, 3.8) is 0 Å². The van der Waals surface area contributed by atoms with Gasteiger partial charge in [0.05, 0.1) is 7.11 Å². The van der Waals surface area contributed by atoms with Crippen molar-refractivity contribution in [2.75, 3.05) is 26.8 Å². The van der Waals surface area contributed by atoms with Gasteiger partial charge < -0.3 is 24.8 Å². The number of hydrogen-bond donors (Lipinski definition) is 2. The molecule has 1 aliphatic rings. The molecular formula is C15H28N2O5. The van der Waals surface area contributed by atoms with E-state index >= 15 is 0 Å². The summed E-state index contributed by atoms with van der Waals surface area (Å²) in [7, 11) is 1.35. The number of esters is 1. The summed E-state index contributed by atoms with van der Waals surface area (Å²) in [5.74, 6) is -0.318. The first-order valence-corrected chi connectivity index (χ1v) is 7.70. The molecule has 22 heavy (non-hydrogen) atoms. The molecule has 0 saturated carbocycles. The minimum absolute atomic E-state index is 0.0931. The van der Waals surface area contributed by atoms with Gasteiger partial charge in [0, 0.05) is 25.7 Å². The maximum Gasteiger partial charge on any atom is 0.410 e. The molecule has 0 radical (unpaired) electrons. The van der Waals surface area contributed by atoms with Crippen LogP contribution in [0.3, 0.4) is 0 Å². The Morgan fingerprint density at radius 1 is 1.32 bits per heavy atom. The number of rotatable bonds is 6. The van der Waals surface area contributed by atoms with E-state index in [2.05, 4.69) is 5.32 Å². The van der Waals surface area contributed by atoms with E-state index in [1.807, 2.05) is 20.8 Å². The van der Waals surface area contributed by atoms with Crippen molar-refractivity contribution in [2.45, 2.75) is 57.7 Å². The van der Waals surface area contributed by atoms with Crippen LogP contribution in [-0.4, -0.2) is 66.6 Å². The van der Waals surface area contributed by atoms with Gasteiger partial charge in [-0.2, -0.15) is 0 Å². The van der Waals surface area contributed by atoms with Gasteiger partial charge in [0.2, 0.25) is 0 Å². The lowest BCUT2D eigenvalue weighted by molar-refractivity contribution is -0.142. The van der Waals surface area contributed by atoms with Crippen LogP contribution in [-0.2, 0) is 14.3 Å². The van der Waals surface area contributed by atoms with Crippen molar-refractivity contribution in [3.8, 4) is 0 Å². The summed E-state index contributed by atoms with van der Waals surface area (Å²) in [6, 6.07) is -0.504. The minimum atomic E-state index is -0.569. The summed E-state index contributed by atoms with van der Waals surface area (Å²) in [6.45, 7) is 6.58. The molecule has 7 heteroatoms. The lowest BCUT2D eigenvalue weighted by atomic mass is 10.1. The summed E-state index contributed by atoms with van der Waals surface area (Å²) in [4.78, 5) is 25.6. The Morgan fingerprint density at radius 3 is 2.55 bits per heavy atom. The molecule has 1 heterocycles. The highest BCUT2D eigenvalue weighted by molar-refractivity contribution is 5.76. The molecule has 2 atom stereocenters. The minimum Gasteiger partial charge on any atom is -0.468 e. The summed E-state index contributed by atoms with van der Waals surface area (Å²) in [6.07, 6.45) is 1.43. The Balaban J connectivity index is 2.69. The second-order valence-electron chi connectivity index (χ2n) is 6.48. The number of hydrogen-bond acceptors (Lipinski definition) is 6. The van der Waals surface area contributed by atoms with Gasteiger partial charge in [-0.15, -0.1) is 0 Å². The van der Waals surface area contributed by atoms with Gasteiger partial charge in [-0.1, -0.05) is 0 Å². The Bertz CT molecular complexity index is 381. The Kier molecular flexibility index (Phi) is 7.09. The SMILES string of the molecule is COC(=O)C1CC(N(CCCCO)C(=O)OC(C)(C)C)CN1. The summed E-state index contributed by atoms with van der Waals surface area (Å²) in [5.41, 5.74) is -0.569. The van der Waals surface area contributed by atoms with Crippen molar-refractivity contribution in [1.29, 1.82) is 0 Å². The van der Waals surface area contributed by atoms with Crippen LogP contribution >= 0.6 is 0 Å². The molecule has 0 aromatic carbocycles. The second kappa shape index (κ2) is 8.33. The molecule has 0 aromatic heterocycles. The van der Waals surface area contributed by atoms with Crippen molar-refractivity contribution < 1.29 is 24.2 Å². The van der Waals surface area contributed by atoms with Crippen molar-refractivity contribution in [1.82, 2.24) is 10.2 Å². The van der Waals surface area contributed by atoms with E-state index in [9.17, 15) is 9.59 Å². The van der Waals surface area contributed by atoms with E-state index in [0.717, 1.165) is 0 Å². The number of aliphatic hydroxyl groups is 1. The van der Waals surface area contributed by atoms with Crippen molar-refractivity contribution in [3.05, 3.63) is 0 Å². The van der Waals surface area contributed by atoms with E-state index in [0.29, 0.717) is 32.4 Å². The first kappa shape index (κ1) is 18.7. The number of ether oxygens (including phenoxy) is 2. The molecular weight excluding hydrogens is 288 g/mol. The predicted molar refractivity (Wildman–Crippen MR) is 81.5 cm³/mol. The van der Waals surface area contributed by atoms with E-state index in [1.165, 1.54) is 7.11 Å². The lowest BCUT2D eigenvalue weighted by Gasteiger charge is -2.31. The van der Waals surface area contributed by atoms with Gasteiger partial charge in [-0.3, -0.25) is 4.79 Å². The van der Waals surface area contributed by atoms with E-state index in [4.69, 9.17) is 14.6 Å². The zero-order valence-corrected chi connectivity index (χ0v) is 13.9. The number of methoxy groups -OCH3 is 1. The molecule has 1 fully saturated rings. The molecule has 1 rings (SSSR count). The number of amides is 1. The fourth-order valence-corrected chi connectivity index (χ4v) is 2.41. The van der Waals surface area contributed by atoms with Crippen LogP contribution in [0.1, 0.15) is 40.0 Å². The number of carbonyl (C=O) groups excluding carboxylic acids is 2. The zero-order chi connectivity index (χ0) is 16.8. The average Bonchev–Trinajstić information content (AvgIpc) is 2.90. The predicted octanol–water partition coefficient (Wildman–Crippen LogP) is 0.899. The quantitative estimate of drug-likeness (QED) is 0.559. The van der Waals surface area contributed by atoms with Crippen LogP contribution in [0, 0.1) is 0 Å². The third kappa shape index (κ3) is 5.81. The topological polar surface area (TPSA) is 88.1 Å². The smallest absolute Gasteiger partial charge is 0.410 e. The first-order chi connectivity index (χ1) is 10.3. The van der Waals surface area contributed by atoms with Gasteiger partial charge in [0.1, 0.15) is 11.6 Å². The number of carbonyl (C=O) groups is 2. The average molecular weight is 316 g/mol. The van der Waals surface area contributed by atoms with Gasteiger partial charge in [0.15, 0.2) is 0 Å². The van der Waals surface area contributed by atoms with Crippen molar-refractivity contribution >= 4 is 12.1 Å². The number of unbranched alkanes of at least 4 members (excludes halogenated alkanes) is 1. The zero-order valence-electron chi connectivity index (χ0n) is 13.9. The monoisotopic (exact) mass is 316 g/mol. The van der Waals surface area contributed by atoms with Crippen LogP contribution in [0.4, 0.5) is 4.79 Å². The molecule has 2 N–H and O–H groups in total. The van der Waals surface area contributed by atoms with Crippen LogP contribution in [0.2, 0.25) is 0 Å². The van der Waals surface area contributed by atoms with E-state index in [-0.39, 0.29) is 24.7 Å². The highest BCUT2D eigenvalue weighted by atomic mass is 16.6. The Labute approximate surface area is 131 Å². The maximum absolute atomic E-state index is 12.4. The van der Waals surface area contributed by atoms with E-state index < -0.39 is 11.6 Å². The summed E-state index contributed by atoms with van der Waals surface area (Å²) >= 11 is 0. The molecule has 2 unspecified atom stereocenters. The fraction of sp³-hybridized carbons (Fsp3) is 0.867. The fourth-order valence-electron chi connectivity index (χ4n) is 2.41.